The van der Waals surface area contributed by atoms with Crippen LogP contribution in [0.2, 0.25) is 19.6 Å². The Balaban J connectivity index is 2.62. The first kappa shape index (κ1) is 15.0. The summed E-state index contributed by atoms with van der Waals surface area (Å²) in [6.07, 6.45) is 2.12. The average molecular weight is 283 g/mol. The van der Waals surface area contributed by atoms with E-state index in [2.05, 4.69) is 76.9 Å². The Morgan fingerprint density at radius 3 is 2.05 bits per heavy atom. The molecular formula is C18H25NSi. The maximum Gasteiger partial charge on any atom is 0.0800 e. The van der Waals surface area contributed by atoms with Crippen molar-refractivity contribution in [1.29, 1.82) is 0 Å². The molecule has 1 heterocycles. The number of hydrogen-bond acceptors (Lipinski definition) is 1. The highest BCUT2D eigenvalue weighted by atomic mass is 28.3. The lowest BCUT2D eigenvalue weighted by molar-refractivity contribution is 0.593. The van der Waals surface area contributed by atoms with E-state index >= 15 is 0 Å². The molecule has 2 aromatic rings. The zero-order valence-corrected chi connectivity index (χ0v) is 14.5. The van der Waals surface area contributed by atoms with Crippen molar-refractivity contribution in [2.45, 2.75) is 45.8 Å². The summed E-state index contributed by atoms with van der Waals surface area (Å²) in [5.74, 6) is 0. The van der Waals surface area contributed by atoms with Gasteiger partial charge in [0.2, 0.25) is 0 Å². The summed E-state index contributed by atoms with van der Waals surface area (Å²) in [5, 5.41) is 1.48. The largest absolute Gasteiger partial charge is 0.256 e. The average Bonchev–Trinajstić information content (AvgIpc) is 2.37. The van der Waals surface area contributed by atoms with E-state index in [4.69, 9.17) is 4.98 Å². The minimum absolute atomic E-state index is 0.155. The number of nitrogens with zero attached hydrogens (tertiary/aromatic N) is 1. The number of aromatic nitrogens is 1. The van der Waals surface area contributed by atoms with Crippen molar-refractivity contribution in [1.82, 2.24) is 4.98 Å². The van der Waals surface area contributed by atoms with Gasteiger partial charge in [-0.3, -0.25) is 4.98 Å². The van der Waals surface area contributed by atoms with Crippen LogP contribution in [-0.4, -0.2) is 13.1 Å². The second kappa shape index (κ2) is 5.17. The molecule has 0 saturated heterocycles. The number of benzene rings is 1. The number of pyridine rings is 1. The monoisotopic (exact) mass is 283 g/mol. The highest BCUT2D eigenvalue weighted by Gasteiger charge is 2.27. The second-order valence-electron chi connectivity index (χ2n) is 7.48. The van der Waals surface area contributed by atoms with Gasteiger partial charge in [0.15, 0.2) is 0 Å². The molecule has 1 aromatic heterocycles. The minimum Gasteiger partial charge on any atom is -0.256 e. The lowest BCUT2D eigenvalue weighted by Crippen LogP contribution is -2.43. The molecular weight excluding hydrogens is 258 g/mol. The van der Waals surface area contributed by atoms with Crippen LogP contribution in [0.4, 0.5) is 0 Å². The summed E-state index contributed by atoms with van der Waals surface area (Å²) in [4.78, 5) is 4.72. The standard InChI is InChI=1S/C18H25NSi/c1-18(2,3)15-12-16(14-10-8-7-9-11-14)19-13-17(15)20(4,5)6/h7-13H,1-6H3. The molecule has 0 spiro atoms. The quantitative estimate of drug-likeness (QED) is 0.735. The first-order chi connectivity index (χ1) is 9.19. The van der Waals surface area contributed by atoms with Gasteiger partial charge in [0.05, 0.1) is 13.8 Å². The van der Waals surface area contributed by atoms with Crippen molar-refractivity contribution in [3.63, 3.8) is 0 Å². The van der Waals surface area contributed by atoms with Gasteiger partial charge in [-0.1, -0.05) is 70.7 Å². The maximum atomic E-state index is 4.72. The van der Waals surface area contributed by atoms with E-state index in [0.29, 0.717) is 0 Å². The predicted octanol–water partition coefficient (Wildman–Crippen LogP) is 4.59. The summed E-state index contributed by atoms with van der Waals surface area (Å²) >= 11 is 0. The van der Waals surface area contributed by atoms with Crippen LogP contribution in [0, 0.1) is 0 Å². The molecule has 0 unspecified atom stereocenters. The fourth-order valence-electron chi connectivity index (χ4n) is 2.44. The Morgan fingerprint density at radius 2 is 1.55 bits per heavy atom. The van der Waals surface area contributed by atoms with Crippen molar-refractivity contribution < 1.29 is 0 Å². The van der Waals surface area contributed by atoms with E-state index in [-0.39, 0.29) is 5.41 Å². The van der Waals surface area contributed by atoms with Gasteiger partial charge in [0.1, 0.15) is 0 Å². The van der Waals surface area contributed by atoms with E-state index in [1.807, 2.05) is 6.07 Å². The van der Waals surface area contributed by atoms with E-state index in [9.17, 15) is 0 Å². The Labute approximate surface area is 124 Å². The fraction of sp³-hybridized carbons (Fsp3) is 0.389. The predicted molar refractivity (Wildman–Crippen MR) is 91.4 cm³/mol. The van der Waals surface area contributed by atoms with Gasteiger partial charge >= 0.3 is 0 Å². The van der Waals surface area contributed by atoms with Crippen LogP contribution in [0.15, 0.2) is 42.6 Å². The Hall–Kier alpha value is -1.41. The van der Waals surface area contributed by atoms with Crippen molar-refractivity contribution in [3.8, 4) is 11.3 Å². The molecule has 0 atom stereocenters. The zero-order valence-electron chi connectivity index (χ0n) is 13.5. The van der Waals surface area contributed by atoms with Gasteiger partial charge in [0.25, 0.3) is 0 Å². The first-order valence-electron chi connectivity index (χ1n) is 7.26. The van der Waals surface area contributed by atoms with E-state index in [1.54, 1.807) is 0 Å². The van der Waals surface area contributed by atoms with Crippen LogP contribution in [0.25, 0.3) is 11.3 Å². The van der Waals surface area contributed by atoms with E-state index in [1.165, 1.54) is 16.3 Å². The smallest absolute Gasteiger partial charge is 0.0800 e. The van der Waals surface area contributed by atoms with Gasteiger partial charge < -0.3 is 0 Å². The molecule has 2 heteroatoms. The molecule has 2 rings (SSSR count). The number of rotatable bonds is 2. The van der Waals surface area contributed by atoms with E-state index in [0.717, 1.165) is 5.69 Å². The molecule has 0 fully saturated rings. The highest BCUT2D eigenvalue weighted by Crippen LogP contribution is 2.26. The second-order valence-corrected chi connectivity index (χ2v) is 12.5. The van der Waals surface area contributed by atoms with Crippen LogP contribution in [0.5, 0.6) is 0 Å². The van der Waals surface area contributed by atoms with Crippen LogP contribution in [0.1, 0.15) is 26.3 Å². The maximum absolute atomic E-state index is 4.72. The third-order valence-electron chi connectivity index (χ3n) is 3.59. The molecule has 1 aromatic carbocycles. The molecule has 106 valence electrons. The molecule has 20 heavy (non-hydrogen) atoms. The van der Waals surface area contributed by atoms with Crippen LogP contribution in [0.3, 0.4) is 0 Å². The third kappa shape index (κ3) is 3.18. The van der Waals surface area contributed by atoms with Gasteiger partial charge in [-0.05, 0) is 22.2 Å². The van der Waals surface area contributed by atoms with Crippen molar-refractivity contribution in [3.05, 3.63) is 48.2 Å². The zero-order chi connectivity index (χ0) is 15.0. The molecule has 0 aliphatic carbocycles. The Kier molecular flexibility index (Phi) is 3.87. The third-order valence-corrected chi connectivity index (χ3v) is 5.60. The SMILES string of the molecule is CC(C)(C)c1cc(-c2ccccc2)ncc1[Si](C)(C)C. The molecule has 0 radical (unpaired) electrons. The Morgan fingerprint density at radius 1 is 0.950 bits per heavy atom. The molecule has 1 nitrogen and oxygen atoms in total. The first-order valence-corrected chi connectivity index (χ1v) is 10.8. The minimum atomic E-state index is -1.37. The molecule has 0 N–H and O–H groups in total. The molecule has 0 aliphatic heterocycles. The van der Waals surface area contributed by atoms with Gasteiger partial charge in [-0.15, -0.1) is 0 Å². The Bertz CT molecular complexity index is 589. The van der Waals surface area contributed by atoms with E-state index < -0.39 is 8.07 Å². The summed E-state index contributed by atoms with van der Waals surface area (Å²) in [6.45, 7) is 14.0. The van der Waals surface area contributed by atoms with Crippen molar-refractivity contribution in [2.75, 3.05) is 0 Å². The topological polar surface area (TPSA) is 12.9 Å². The summed E-state index contributed by atoms with van der Waals surface area (Å²) in [7, 11) is -1.37. The molecule has 0 saturated carbocycles. The van der Waals surface area contributed by atoms with Crippen LogP contribution in [-0.2, 0) is 5.41 Å². The lowest BCUT2D eigenvalue weighted by atomic mass is 9.86. The summed E-state index contributed by atoms with van der Waals surface area (Å²) in [5.41, 5.74) is 3.88. The van der Waals surface area contributed by atoms with Gasteiger partial charge in [-0.25, -0.2) is 0 Å². The molecule has 0 amide bonds. The normalized spacial score (nSPS) is 12.5. The van der Waals surface area contributed by atoms with Gasteiger partial charge in [0, 0.05) is 11.8 Å². The van der Waals surface area contributed by atoms with Crippen molar-refractivity contribution >= 4 is 13.3 Å². The number of hydrogen-bond donors (Lipinski definition) is 0. The van der Waals surface area contributed by atoms with Crippen molar-refractivity contribution in [2.24, 2.45) is 0 Å². The molecule has 0 bridgehead atoms. The fourth-order valence-corrected chi connectivity index (χ4v) is 4.15. The summed E-state index contributed by atoms with van der Waals surface area (Å²) in [6, 6.07) is 12.7. The summed E-state index contributed by atoms with van der Waals surface area (Å²) < 4.78 is 0. The molecule has 0 aliphatic rings. The highest BCUT2D eigenvalue weighted by molar-refractivity contribution is 6.89. The lowest BCUT2D eigenvalue weighted by Gasteiger charge is -2.29. The van der Waals surface area contributed by atoms with Crippen LogP contribution < -0.4 is 5.19 Å². The van der Waals surface area contributed by atoms with Crippen LogP contribution >= 0.6 is 0 Å². The van der Waals surface area contributed by atoms with Gasteiger partial charge in [-0.2, -0.15) is 0 Å².